The second-order valence-electron chi connectivity index (χ2n) is 15.7. The fourth-order valence-electron chi connectivity index (χ4n) is 5.73. The number of aldehydes is 1. The molecule has 1 rings (SSSR count). The lowest BCUT2D eigenvalue weighted by atomic mass is 9.85. The molecule has 0 heterocycles. The van der Waals surface area contributed by atoms with Crippen LogP contribution in [0.25, 0.3) is 0 Å². The molecule has 0 radical (unpaired) electrons. The van der Waals surface area contributed by atoms with Crippen molar-refractivity contribution in [2.75, 3.05) is 0 Å². The van der Waals surface area contributed by atoms with Crippen LogP contribution < -0.4 is 31.9 Å². The molecular weight excluding hydrogens is 784 g/mol. The highest BCUT2D eigenvalue weighted by molar-refractivity contribution is 5.98. The first kappa shape index (κ1) is 51.7. The minimum Gasteiger partial charge on any atom is -0.481 e. The lowest BCUT2D eigenvalue weighted by Crippen LogP contribution is -2.62. The Morgan fingerprint density at radius 1 is 0.683 bits per heavy atom. The van der Waals surface area contributed by atoms with Gasteiger partial charge in [-0.05, 0) is 49.1 Å². The van der Waals surface area contributed by atoms with Crippen molar-refractivity contribution in [2.24, 2.45) is 11.3 Å². The van der Waals surface area contributed by atoms with Crippen LogP contribution in [0, 0.1) is 30.1 Å². The highest BCUT2D eigenvalue weighted by Gasteiger charge is 2.38. The summed E-state index contributed by atoms with van der Waals surface area (Å²) in [5.41, 5.74) is 0.323. The maximum Gasteiger partial charge on any atom is 0.305 e. The van der Waals surface area contributed by atoms with Crippen LogP contribution in [-0.2, 0) is 54.4 Å². The van der Waals surface area contributed by atoms with Crippen LogP contribution in [0.3, 0.4) is 0 Å². The van der Waals surface area contributed by atoms with E-state index < -0.39 is 127 Å². The Morgan fingerprint density at radius 3 is 1.77 bits per heavy atom. The van der Waals surface area contributed by atoms with Gasteiger partial charge >= 0.3 is 17.9 Å². The Hall–Kier alpha value is -6.32. The van der Waals surface area contributed by atoms with E-state index in [9.17, 15) is 58.2 Å². The largest absolute Gasteiger partial charge is 0.481 e. The van der Waals surface area contributed by atoms with Gasteiger partial charge in [0.25, 0.3) is 0 Å². The Morgan fingerprint density at radius 2 is 1.23 bits per heavy atom. The van der Waals surface area contributed by atoms with E-state index in [1.54, 1.807) is 58.9 Å². The van der Waals surface area contributed by atoms with Gasteiger partial charge in [-0.25, -0.2) is 0 Å². The van der Waals surface area contributed by atoms with Crippen LogP contribution in [0.5, 0.6) is 0 Å². The summed E-state index contributed by atoms with van der Waals surface area (Å²) in [6.45, 7) is 11.9. The molecule has 19 heteroatoms. The molecule has 9 N–H and O–H groups in total. The van der Waals surface area contributed by atoms with Gasteiger partial charge < -0.3 is 52.0 Å². The van der Waals surface area contributed by atoms with Crippen LogP contribution >= 0.6 is 0 Å². The van der Waals surface area contributed by atoms with Gasteiger partial charge in [-0.3, -0.25) is 43.2 Å². The van der Waals surface area contributed by atoms with E-state index in [2.05, 4.69) is 43.7 Å². The van der Waals surface area contributed by atoms with Crippen molar-refractivity contribution in [3.8, 4) is 11.8 Å². The molecular formula is C41H58N6O13. The second kappa shape index (κ2) is 25.2. The van der Waals surface area contributed by atoms with Crippen molar-refractivity contribution in [2.45, 2.75) is 136 Å². The smallest absolute Gasteiger partial charge is 0.305 e. The Labute approximate surface area is 349 Å². The predicted octanol–water partition coefficient (Wildman–Crippen LogP) is 0.355. The van der Waals surface area contributed by atoms with Gasteiger partial charge in [-0.2, -0.15) is 0 Å². The van der Waals surface area contributed by atoms with Crippen molar-refractivity contribution in [1.29, 1.82) is 0 Å². The predicted molar refractivity (Wildman–Crippen MR) is 216 cm³/mol. The number of aryl methyl sites for hydroxylation is 1. The van der Waals surface area contributed by atoms with E-state index in [1.807, 2.05) is 13.8 Å². The molecule has 60 heavy (non-hydrogen) atoms. The molecule has 19 nitrogen and oxygen atoms in total. The highest BCUT2D eigenvalue weighted by atomic mass is 16.4. The lowest BCUT2D eigenvalue weighted by Gasteiger charge is -2.33. The Bertz CT molecular complexity index is 1800. The van der Waals surface area contributed by atoms with Gasteiger partial charge in [0.1, 0.15) is 36.5 Å². The zero-order valence-electron chi connectivity index (χ0n) is 35.0. The zero-order chi connectivity index (χ0) is 45.7. The van der Waals surface area contributed by atoms with Crippen LogP contribution in [0.4, 0.5) is 0 Å². The van der Waals surface area contributed by atoms with Gasteiger partial charge in [-0.15, -0.1) is 11.8 Å². The van der Waals surface area contributed by atoms with Crippen LogP contribution in [0.2, 0.25) is 0 Å². The first-order valence-electron chi connectivity index (χ1n) is 19.3. The summed E-state index contributed by atoms with van der Waals surface area (Å²) in [6.07, 6.45) is -2.80. The number of carbonyl (C=O) groups is 10. The van der Waals surface area contributed by atoms with E-state index in [0.29, 0.717) is 11.8 Å². The molecule has 0 bridgehead atoms. The van der Waals surface area contributed by atoms with Crippen molar-refractivity contribution in [1.82, 2.24) is 31.9 Å². The molecule has 330 valence electrons. The lowest BCUT2D eigenvalue weighted by molar-refractivity contribution is -0.142. The summed E-state index contributed by atoms with van der Waals surface area (Å²) in [6, 6.07) is -1.44. The fourth-order valence-corrected chi connectivity index (χ4v) is 5.73. The number of carbonyl (C=O) groups excluding carboxylic acids is 7. The van der Waals surface area contributed by atoms with Gasteiger partial charge in [0.2, 0.25) is 35.4 Å². The van der Waals surface area contributed by atoms with Gasteiger partial charge in [0.15, 0.2) is 0 Å². The molecule has 0 aliphatic rings. The third-order valence-corrected chi connectivity index (χ3v) is 8.94. The van der Waals surface area contributed by atoms with E-state index in [1.165, 1.54) is 0 Å². The molecule has 0 saturated heterocycles. The number of hydrogen-bond acceptors (Lipinski definition) is 10. The number of amides is 6. The average molecular weight is 843 g/mol. The first-order chi connectivity index (χ1) is 28.0. The number of nitrogens with one attached hydrogen (secondary N) is 6. The summed E-state index contributed by atoms with van der Waals surface area (Å²) in [5.74, 6) is -4.44. The molecule has 0 aliphatic heterocycles. The molecule has 0 fully saturated rings. The molecule has 0 unspecified atom stereocenters. The molecule has 0 saturated carbocycles. The molecule has 0 aromatic heterocycles. The SMILES string of the molecule is CC#CC[C@@H](C=O)NC(=O)[C@H](CC(C)C)NC(=O)[C@@H](NC(=O)[C@H](Cc1ccccc1C)NC(=O)[C@H](CCC(=O)O)NC(=O)[C@H](CC(=O)O)NC(=O)CCC(=O)O)C(C)(C)C. The molecule has 1 aromatic carbocycles. The van der Waals surface area contributed by atoms with Crippen LogP contribution in [0.1, 0.15) is 97.6 Å². The summed E-state index contributed by atoms with van der Waals surface area (Å²) < 4.78 is 0. The average Bonchev–Trinajstić information content (AvgIpc) is 3.14. The standard InChI is InChI=1S/C41H58N6O13/c1-8-9-14-26(22-48)42-37(57)28(19-23(2)3)46-40(60)35(41(5,6)7)47-39(59)29(20-25-13-11-10-12-24(25)4)45-36(56)27(15-17-32(50)51)44-38(58)30(21-34(54)55)43-31(49)16-18-33(52)53/h10-13,22-23,26-30,35H,14-21H2,1-7H3,(H,42,57)(H,43,49)(H,44,58)(H,45,56)(H,46,60)(H,47,59)(H,50,51)(H,52,53)(H,54,55)/t26-,27-,28-,29-,30-,35+/m0/s1. The Balaban J connectivity index is 3.55. The van der Waals surface area contributed by atoms with Crippen molar-refractivity contribution >= 4 is 59.6 Å². The molecule has 0 spiro atoms. The number of aliphatic carboxylic acids is 3. The summed E-state index contributed by atoms with van der Waals surface area (Å²) in [4.78, 5) is 127. The second-order valence-corrected chi connectivity index (χ2v) is 15.7. The van der Waals surface area contributed by atoms with Gasteiger partial charge in [-0.1, -0.05) is 58.9 Å². The zero-order valence-corrected chi connectivity index (χ0v) is 35.0. The first-order valence-corrected chi connectivity index (χ1v) is 19.3. The molecule has 6 atom stereocenters. The summed E-state index contributed by atoms with van der Waals surface area (Å²) in [5, 5.41) is 42.6. The molecule has 1 aromatic rings. The Kier molecular flexibility index (Phi) is 21.7. The third-order valence-electron chi connectivity index (χ3n) is 8.94. The van der Waals surface area contributed by atoms with Crippen molar-refractivity contribution in [3.05, 3.63) is 35.4 Å². The van der Waals surface area contributed by atoms with Gasteiger partial charge in [0.05, 0.1) is 18.9 Å². The van der Waals surface area contributed by atoms with Crippen LogP contribution in [-0.4, -0.2) is 111 Å². The third kappa shape index (κ3) is 19.4. The molecule has 0 aliphatic carbocycles. The normalized spacial score (nSPS) is 13.9. The maximum absolute atomic E-state index is 14.2. The van der Waals surface area contributed by atoms with E-state index in [0.717, 1.165) is 5.56 Å². The number of hydrogen-bond donors (Lipinski definition) is 9. The fraction of sp³-hybridized carbons (Fsp3) is 0.561. The quantitative estimate of drug-likeness (QED) is 0.0475. The van der Waals surface area contributed by atoms with Crippen molar-refractivity contribution in [3.63, 3.8) is 0 Å². The number of rotatable bonds is 25. The van der Waals surface area contributed by atoms with Crippen molar-refractivity contribution < 1.29 is 63.3 Å². The highest BCUT2D eigenvalue weighted by Crippen LogP contribution is 2.21. The minimum absolute atomic E-state index is 0.0533. The number of carboxylic acid groups (broad SMARTS) is 3. The van der Waals surface area contributed by atoms with E-state index >= 15 is 0 Å². The van der Waals surface area contributed by atoms with Gasteiger partial charge in [0, 0.05) is 25.7 Å². The minimum atomic E-state index is -1.79. The van der Waals surface area contributed by atoms with E-state index in [4.69, 9.17) is 5.11 Å². The number of benzene rings is 1. The maximum atomic E-state index is 14.2. The molecule has 6 amide bonds. The van der Waals surface area contributed by atoms with Crippen LogP contribution in [0.15, 0.2) is 24.3 Å². The van der Waals surface area contributed by atoms with E-state index in [-0.39, 0.29) is 25.2 Å². The number of carboxylic acids is 3. The monoisotopic (exact) mass is 842 g/mol. The topological polar surface area (TPSA) is 304 Å². The summed E-state index contributed by atoms with van der Waals surface area (Å²) in [7, 11) is 0. The summed E-state index contributed by atoms with van der Waals surface area (Å²) >= 11 is 0.